The fraction of sp³-hybridized carbons (Fsp3) is 0.211. The smallest absolute Gasteiger partial charge is 0.330 e. The van der Waals surface area contributed by atoms with Crippen LogP contribution in [0.25, 0.3) is 6.08 Å². The second-order valence-electron chi connectivity index (χ2n) is 4.98. The number of benzene rings is 2. The van der Waals surface area contributed by atoms with Gasteiger partial charge in [-0.25, -0.2) is 4.79 Å². The van der Waals surface area contributed by atoms with E-state index < -0.39 is 5.97 Å². The first kappa shape index (κ1) is 16.6. The summed E-state index contributed by atoms with van der Waals surface area (Å²) in [5.41, 5.74) is 3.12. The van der Waals surface area contributed by atoms with Gasteiger partial charge in [-0.1, -0.05) is 30.3 Å². The summed E-state index contributed by atoms with van der Waals surface area (Å²) in [5, 5.41) is 0. The molecule has 0 aliphatic rings. The van der Waals surface area contributed by atoms with Crippen LogP contribution in [0.5, 0.6) is 11.5 Å². The van der Waals surface area contributed by atoms with Gasteiger partial charge in [-0.05, 0) is 41.8 Å². The van der Waals surface area contributed by atoms with E-state index in [1.165, 1.54) is 18.7 Å². The average molecular weight is 312 g/mol. The molecule has 0 radical (unpaired) electrons. The van der Waals surface area contributed by atoms with Crippen LogP contribution in [0, 0.1) is 6.92 Å². The minimum atomic E-state index is -0.400. The summed E-state index contributed by atoms with van der Waals surface area (Å²) in [4.78, 5) is 11.2. The van der Waals surface area contributed by atoms with Crippen LogP contribution in [0.15, 0.2) is 48.5 Å². The standard InChI is InChI=1S/C19H20O4/c1-14-6-4-5-7-16(14)13-23-18-12-15(8-10-17(18)21-2)9-11-19(20)22-3/h4-12H,13H2,1-3H3/b11-9+. The van der Waals surface area contributed by atoms with Gasteiger partial charge in [0.2, 0.25) is 0 Å². The van der Waals surface area contributed by atoms with Gasteiger partial charge in [-0.15, -0.1) is 0 Å². The quantitative estimate of drug-likeness (QED) is 0.601. The van der Waals surface area contributed by atoms with E-state index in [-0.39, 0.29) is 0 Å². The molecule has 0 fully saturated rings. The fourth-order valence-corrected chi connectivity index (χ4v) is 2.07. The van der Waals surface area contributed by atoms with Crippen molar-refractivity contribution >= 4 is 12.0 Å². The SMILES string of the molecule is COC(=O)/C=C/c1ccc(OC)c(OCc2ccccc2C)c1. The molecule has 120 valence electrons. The molecule has 0 bridgehead atoms. The van der Waals surface area contributed by atoms with Gasteiger partial charge < -0.3 is 14.2 Å². The highest BCUT2D eigenvalue weighted by Gasteiger charge is 2.06. The van der Waals surface area contributed by atoms with Crippen LogP contribution in [0.2, 0.25) is 0 Å². The first-order chi connectivity index (χ1) is 11.1. The van der Waals surface area contributed by atoms with Crippen LogP contribution < -0.4 is 9.47 Å². The monoisotopic (exact) mass is 312 g/mol. The first-order valence-corrected chi connectivity index (χ1v) is 7.25. The number of hydrogen-bond donors (Lipinski definition) is 0. The van der Waals surface area contributed by atoms with Gasteiger partial charge in [0, 0.05) is 6.08 Å². The van der Waals surface area contributed by atoms with Crippen molar-refractivity contribution in [1.82, 2.24) is 0 Å². The van der Waals surface area contributed by atoms with Crippen LogP contribution in [0.1, 0.15) is 16.7 Å². The van der Waals surface area contributed by atoms with Crippen LogP contribution in [-0.2, 0) is 16.1 Å². The predicted molar refractivity (Wildman–Crippen MR) is 89.6 cm³/mol. The first-order valence-electron chi connectivity index (χ1n) is 7.25. The van der Waals surface area contributed by atoms with Gasteiger partial charge >= 0.3 is 5.97 Å². The minimum absolute atomic E-state index is 0.400. The molecule has 2 aromatic rings. The molecule has 0 saturated carbocycles. The molecule has 4 nitrogen and oxygen atoms in total. The molecule has 0 N–H and O–H groups in total. The Morgan fingerprint density at radius 2 is 1.87 bits per heavy atom. The second-order valence-corrected chi connectivity index (χ2v) is 4.98. The number of carbonyl (C=O) groups is 1. The third-order valence-electron chi connectivity index (χ3n) is 3.45. The lowest BCUT2D eigenvalue weighted by atomic mass is 10.1. The van der Waals surface area contributed by atoms with Crippen molar-refractivity contribution in [1.29, 1.82) is 0 Å². The Morgan fingerprint density at radius 1 is 1.09 bits per heavy atom. The van der Waals surface area contributed by atoms with Crippen molar-refractivity contribution < 1.29 is 19.0 Å². The molecule has 4 heteroatoms. The van der Waals surface area contributed by atoms with Crippen LogP contribution >= 0.6 is 0 Å². The molecular weight excluding hydrogens is 292 g/mol. The summed E-state index contributed by atoms with van der Waals surface area (Å²) in [6.07, 6.45) is 3.04. The molecule has 0 amide bonds. The van der Waals surface area contributed by atoms with Gasteiger partial charge in [0.1, 0.15) is 6.61 Å². The van der Waals surface area contributed by atoms with Gasteiger partial charge in [-0.3, -0.25) is 0 Å². The van der Waals surface area contributed by atoms with Crippen molar-refractivity contribution in [2.45, 2.75) is 13.5 Å². The van der Waals surface area contributed by atoms with Gasteiger partial charge in [0.25, 0.3) is 0 Å². The third-order valence-corrected chi connectivity index (χ3v) is 3.45. The minimum Gasteiger partial charge on any atom is -0.493 e. The van der Waals surface area contributed by atoms with E-state index >= 15 is 0 Å². The summed E-state index contributed by atoms with van der Waals surface area (Å²) >= 11 is 0. The Kier molecular flexibility index (Phi) is 5.80. The molecule has 0 saturated heterocycles. The lowest BCUT2D eigenvalue weighted by Gasteiger charge is -2.12. The normalized spacial score (nSPS) is 10.6. The zero-order valence-electron chi connectivity index (χ0n) is 13.5. The second kappa shape index (κ2) is 8.03. The highest BCUT2D eigenvalue weighted by molar-refractivity contribution is 5.87. The van der Waals surface area contributed by atoms with Crippen LogP contribution in [0.4, 0.5) is 0 Å². The fourth-order valence-electron chi connectivity index (χ4n) is 2.07. The number of hydrogen-bond acceptors (Lipinski definition) is 4. The van der Waals surface area contributed by atoms with E-state index in [0.717, 1.165) is 11.1 Å². The largest absolute Gasteiger partial charge is 0.493 e. The maximum Gasteiger partial charge on any atom is 0.330 e. The van der Waals surface area contributed by atoms with E-state index in [1.54, 1.807) is 13.2 Å². The van der Waals surface area contributed by atoms with Gasteiger partial charge in [-0.2, -0.15) is 0 Å². The Bertz CT molecular complexity index is 704. The van der Waals surface area contributed by atoms with Crippen molar-refractivity contribution in [2.75, 3.05) is 14.2 Å². The molecule has 0 unspecified atom stereocenters. The Hall–Kier alpha value is -2.75. The summed E-state index contributed by atoms with van der Waals surface area (Å²) in [6.45, 7) is 2.50. The number of ether oxygens (including phenoxy) is 3. The van der Waals surface area contributed by atoms with Gasteiger partial charge in [0.05, 0.1) is 14.2 Å². The maximum absolute atomic E-state index is 11.2. The highest BCUT2D eigenvalue weighted by Crippen LogP contribution is 2.29. The topological polar surface area (TPSA) is 44.8 Å². The predicted octanol–water partition coefficient (Wildman–Crippen LogP) is 3.77. The van der Waals surface area contributed by atoms with Crippen molar-refractivity contribution in [3.63, 3.8) is 0 Å². The maximum atomic E-state index is 11.2. The van der Waals surface area contributed by atoms with E-state index in [4.69, 9.17) is 9.47 Å². The molecule has 0 atom stereocenters. The number of esters is 1. The molecule has 0 aliphatic carbocycles. The van der Waals surface area contributed by atoms with E-state index in [2.05, 4.69) is 4.74 Å². The summed E-state index contributed by atoms with van der Waals surface area (Å²) in [6, 6.07) is 13.5. The zero-order valence-corrected chi connectivity index (χ0v) is 13.5. The van der Waals surface area contributed by atoms with Crippen molar-refractivity contribution in [2.24, 2.45) is 0 Å². The zero-order chi connectivity index (χ0) is 16.7. The average Bonchev–Trinajstić information content (AvgIpc) is 2.59. The summed E-state index contributed by atoms with van der Waals surface area (Å²) in [5.74, 6) is 0.875. The molecular formula is C19H20O4. The lowest BCUT2D eigenvalue weighted by molar-refractivity contribution is -0.134. The van der Waals surface area contributed by atoms with Crippen molar-refractivity contribution in [3.05, 3.63) is 65.2 Å². The Labute approximate surface area is 136 Å². The molecule has 0 spiro atoms. The molecule has 0 aliphatic heterocycles. The summed E-state index contributed by atoms with van der Waals surface area (Å²) in [7, 11) is 2.94. The number of rotatable bonds is 6. The molecule has 2 rings (SSSR count). The summed E-state index contributed by atoms with van der Waals surface area (Å²) < 4.78 is 15.8. The lowest BCUT2D eigenvalue weighted by Crippen LogP contribution is -2.00. The number of methoxy groups -OCH3 is 2. The highest BCUT2D eigenvalue weighted by atomic mass is 16.5. The van der Waals surface area contributed by atoms with Crippen molar-refractivity contribution in [3.8, 4) is 11.5 Å². The van der Waals surface area contributed by atoms with E-state index in [9.17, 15) is 4.79 Å². The Morgan fingerprint density at radius 3 is 2.57 bits per heavy atom. The van der Waals surface area contributed by atoms with Gasteiger partial charge in [0.15, 0.2) is 11.5 Å². The molecule has 23 heavy (non-hydrogen) atoms. The Balaban J connectivity index is 2.17. The number of carbonyl (C=O) groups excluding carboxylic acids is 1. The van der Waals surface area contributed by atoms with Crippen LogP contribution in [-0.4, -0.2) is 20.2 Å². The third kappa shape index (κ3) is 4.61. The van der Waals surface area contributed by atoms with E-state index in [0.29, 0.717) is 18.1 Å². The molecule has 0 heterocycles. The number of aryl methyl sites for hydroxylation is 1. The van der Waals surface area contributed by atoms with E-state index in [1.807, 2.05) is 49.4 Å². The van der Waals surface area contributed by atoms with Crippen LogP contribution in [0.3, 0.4) is 0 Å². The molecule has 2 aromatic carbocycles. The molecule has 0 aromatic heterocycles.